The lowest BCUT2D eigenvalue weighted by molar-refractivity contribution is 0.585. The van der Waals surface area contributed by atoms with E-state index < -0.39 is 0 Å². The Hall–Kier alpha value is -0.270. The van der Waals surface area contributed by atoms with E-state index in [9.17, 15) is 0 Å². The topological polar surface area (TPSA) is 44.0 Å². The minimum Gasteiger partial charge on any atom is -0.494 e. The van der Waals surface area contributed by atoms with Crippen molar-refractivity contribution in [2.24, 2.45) is 0 Å². The first-order chi connectivity index (χ1) is 4.68. The van der Waals surface area contributed by atoms with Gasteiger partial charge in [-0.3, -0.25) is 0 Å². The molecule has 0 spiro atoms. The molecular weight excluding hydrogens is 166 g/mol. The molecule has 0 rings (SSSR count). The summed E-state index contributed by atoms with van der Waals surface area (Å²) >= 11 is 5.59. The number of hydrogen-bond donors (Lipinski definition) is 1. The number of hydrogen-bond acceptors (Lipinski definition) is 3. The van der Waals surface area contributed by atoms with Crippen molar-refractivity contribution in [2.75, 3.05) is 5.75 Å². The maximum atomic E-state index is 8.25. The molecule has 0 aliphatic heterocycles. The summed E-state index contributed by atoms with van der Waals surface area (Å²) in [4.78, 5) is 0. The minimum atomic E-state index is 0.0394. The lowest BCUT2D eigenvalue weighted by Gasteiger charge is -1.83. The van der Waals surface area contributed by atoms with E-state index in [0.717, 1.165) is 5.75 Å². The summed E-state index contributed by atoms with van der Waals surface area (Å²) in [5.74, 6) is 0.856. The van der Waals surface area contributed by atoms with Gasteiger partial charge in [-0.15, -0.1) is 0 Å². The van der Waals surface area contributed by atoms with Gasteiger partial charge in [0.1, 0.15) is 0 Å². The van der Waals surface area contributed by atoms with Gasteiger partial charge in [0.15, 0.2) is 0 Å². The van der Waals surface area contributed by atoms with Gasteiger partial charge in [0.05, 0.1) is 6.07 Å². The Bertz CT molecular complexity index is 119. The van der Waals surface area contributed by atoms with Crippen LogP contribution in [0.15, 0.2) is 0 Å². The van der Waals surface area contributed by atoms with Gasteiger partial charge < -0.3 is 5.11 Å². The third-order valence-corrected chi connectivity index (χ3v) is 1.32. The molecule has 0 aromatic carbocycles. The second kappa shape index (κ2) is 11.5. The molecule has 0 atom stereocenters. The molecule has 0 saturated heterocycles. The molecule has 0 radical (unpaired) electrons. The molecule has 1 N–H and O–H groups in total. The van der Waals surface area contributed by atoms with Gasteiger partial charge in [-0.1, -0.05) is 25.6 Å². The van der Waals surface area contributed by atoms with Crippen LogP contribution in [-0.2, 0) is 0 Å². The van der Waals surface area contributed by atoms with Gasteiger partial charge in [-0.05, 0) is 18.0 Å². The van der Waals surface area contributed by atoms with Crippen LogP contribution < -0.4 is 0 Å². The molecular formula is C6H11NOS2. The molecule has 4 heteroatoms. The summed E-state index contributed by atoms with van der Waals surface area (Å²) in [6.45, 7) is 3.76. The molecule has 0 aromatic rings. The third kappa shape index (κ3) is 25.2. The fraction of sp³-hybridized carbons (Fsp3) is 0.667. The monoisotopic (exact) mass is 177 g/mol. The molecule has 58 valence electrons. The standard InChI is InChI=1S/C3H5N.C3H6OS2/c1-2-3-4;1-2-6-3(4)5/h2H2,1H3;2H2,1H3,(H,4,5). The number of thiocarbonyl (C=S) groups is 1. The van der Waals surface area contributed by atoms with E-state index in [-0.39, 0.29) is 4.38 Å². The first-order valence-corrected chi connectivity index (χ1v) is 4.31. The third-order valence-electron chi connectivity index (χ3n) is 0.426. The summed E-state index contributed by atoms with van der Waals surface area (Å²) in [6, 6.07) is 1.93. The highest BCUT2D eigenvalue weighted by molar-refractivity contribution is 8.22. The number of nitrogens with zero attached hydrogens (tertiary/aromatic N) is 1. The first kappa shape index (κ1) is 12.4. The predicted molar refractivity (Wildman–Crippen MR) is 49.3 cm³/mol. The minimum absolute atomic E-state index is 0.0394. The molecule has 0 unspecified atom stereocenters. The van der Waals surface area contributed by atoms with Gasteiger partial charge in [0, 0.05) is 6.42 Å². The van der Waals surface area contributed by atoms with Crippen LogP contribution in [0.2, 0.25) is 0 Å². The van der Waals surface area contributed by atoms with Crippen molar-refractivity contribution >= 4 is 28.4 Å². The Labute approximate surface area is 71.2 Å². The van der Waals surface area contributed by atoms with Crippen LogP contribution in [0.1, 0.15) is 20.3 Å². The molecule has 2 nitrogen and oxygen atoms in total. The molecule has 0 fully saturated rings. The van der Waals surface area contributed by atoms with Gasteiger partial charge >= 0.3 is 0 Å². The lowest BCUT2D eigenvalue weighted by atomic mass is 10.6. The van der Waals surface area contributed by atoms with Crippen LogP contribution in [0.25, 0.3) is 0 Å². The lowest BCUT2D eigenvalue weighted by Crippen LogP contribution is -1.80. The molecule has 0 aliphatic carbocycles. The van der Waals surface area contributed by atoms with Gasteiger partial charge in [0.2, 0.25) is 4.38 Å². The van der Waals surface area contributed by atoms with Crippen LogP contribution in [0.3, 0.4) is 0 Å². The van der Waals surface area contributed by atoms with Gasteiger partial charge in [-0.25, -0.2) is 0 Å². The van der Waals surface area contributed by atoms with Gasteiger partial charge in [0.25, 0.3) is 0 Å². The summed E-state index contributed by atoms with van der Waals surface area (Å²) in [5, 5.41) is 15.9. The van der Waals surface area contributed by atoms with Crippen LogP contribution >= 0.6 is 24.0 Å². The van der Waals surface area contributed by atoms with E-state index in [2.05, 4.69) is 12.2 Å². The van der Waals surface area contributed by atoms with E-state index in [4.69, 9.17) is 10.4 Å². The van der Waals surface area contributed by atoms with Crippen molar-refractivity contribution < 1.29 is 5.11 Å². The number of aliphatic hydroxyl groups excluding tert-OH is 1. The maximum absolute atomic E-state index is 8.25. The fourth-order valence-corrected chi connectivity index (χ4v) is 0.724. The van der Waals surface area contributed by atoms with E-state index in [0.29, 0.717) is 6.42 Å². The zero-order valence-electron chi connectivity index (χ0n) is 6.13. The van der Waals surface area contributed by atoms with Crippen molar-refractivity contribution in [1.29, 1.82) is 5.26 Å². The summed E-state index contributed by atoms with van der Waals surface area (Å²) < 4.78 is 0.0394. The van der Waals surface area contributed by atoms with Crippen LogP contribution in [-0.4, -0.2) is 15.2 Å². The molecule has 10 heavy (non-hydrogen) atoms. The average molecular weight is 177 g/mol. The highest BCUT2D eigenvalue weighted by Crippen LogP contribution is 1.97. The Morgan fingerprint density at radius 3 is 2.10 bits per heavy atom. The smallest absolute Gasteiger partial charge is 0.217 e. The van der Waals surface area contributed by atoms with E-state index in [1.807, 2.05) is 19.9 Å². The van der Waals surface area contributed by atoms with Crippen LogP contribution in [0.5, 0.6) is 0 Å². The molecule has 0 heterocycles. The van der Waals surface area contributed by atoms with E-state index in [1.54, 1.807) is 0 Å². The highest BCUT2D eigenvalue weighted by Gasteiger charge is 1.82. The molecule has 0 saturated carbocycles. The number of nitriles is 1. The molecule has 0 aliphatic rings. The van der Waals surface area contributed by atoms with Gasteiger partial charge in [-0.2, -0.15) is 5.26 Å². The quantitative estimate of drug-likeness (QED) is 0.625. The Kier molecular flexibility index (Phi) is 14.3. The van der Waals surface area contributed by atoms with Crippen molar-refractivity contribution in [3.05, 3.63) is 0 Å². The zero-order valence-corrected chi connectivity index (χ0v) is 7.76. The van der Waals surface area contributed by atoms with Crippen LogP contribution in [0.4, 0.5) is 0 Å². The Morgan fingerprint density at radius 2 is 2.10 bits per heavy atom. The fourth-order valence-electron chi connectivity index (χ4n) is 0.123. The maximum Gasteiger partial charge on any atom is 0.217 e. The second-order valence-corrected chi connectivity index (χ2v) is 3.11. The summed E-state index contributed by atoms with van der Waals surface area (Å²) in [7, 11) is 0. The summed E-state index contributed by atoms with van der Waals surface area (Å²) in [5.41, 5.74) is 0. The van der Waals surface area contributed by atoms with Crippen molar-refractivity contribution in [3.63, 3.8) is 0 Å². The first-order valence-electron chi connectivity index (χ1n) is 2.91. The highest BCUT2D eigenvalue weighted by atomic mass is 32.2. The van der Waals surface area contributed by atoms with Crippen LogP contribution in [0, 0.1) is 11.3 Å². The van der Waals surface area contributed by atoms with Crippen molar-refractivity contribution in [3.8, 4) is 6.07 Å². The van der Waals surface area contributed by atoms with E-state index >= 15 is 0 Å². The number of aliphatic hydroxyl groups is 1. The van der Waals surface area contributed by atoms with Crippen molar-refractivity contribution in [2.45, 2.75) is 20.3 Å². The Morgan fingerprint density at radius 1 is 1.70 bits per heavy atom. The second-order valence-electron chi connectivity index (χ2n) is 1.21. The average Bonchev–Trinajstić information content (AvgIpc) is 1.89. The number of thioether (sulfide) groups is 1. The zero-order chi connectivity index (χ0) is 8.41. The SMILES string of the molecule is CCC#N.CCSC(O)=S. The molecule has 0 bridgehead atoms. The molecule has 0 amide bonds. The van der Waals surface area contributed by atoms with Crippen molar-refractivity contribution in [1.82, 2.24) is 0 Å². The van der Waals surface area contributed by atoms with E-state index in [1.165, 1.54) is 11.8 Å². The predicted octanol–water partition coefficient (Wildman–Crippen LogP) is 2.50. The molecule has 0 aromatic heterocycles. The largest absolute Gasteiger partial charge is 0.494 e. The normalized spacial score (nSPS) is 6.90. The Balaban J connectivity index is 0. The number of rotatable bonds is 1. The summed E-state index contributed by atoms with van der Waals surface area (Å²) in [6.07, 6.45) is 0.625.